The van der Waals surface area contributed by atoms with E-state index in [2.05, 4.69) is 0 Å². The number of nitrogens with zero attached hydrogens (tertiary/aromatic N) is 2. The lowest BCUT2D eigenvalue weighted by atomic mass is 10.2. The van der Waals surface area contributed by atoms with Crippen molar-refractivity contribution in [3.8, 4) is 0 Å². The van der Waals surface area contributed by atoms with Gasteiger partial charge in [0.15, 0.2) is 12.4 Å². The Kier molecular flexibility index (Phi) is 3.15. The Morgan fingerprint density at radius 2 is 2.18 bits per heavy atom. The third kappa shape index (κ3) is 2.67. The molecule has 0 aliphatic rings. The van der Waals surface area contributed by atoms with Gasteiger partial charge in [-0.25, -0.2) is 0 Å². The highest BCUT2D eigenvalue weighted by molar-refractivity contribution is 7.10. The molecule has 0 aliphatic carbocycles. The van der Waals surface area contributed by atoms with Gasteiger partial charge < -0.3 is 5.21 Å². The van der Waals surface area contributed by atoms with E-state index in [0.29, 0.717) is 10.3 Å². The van der Waals surface area contributed by atoms with Crippen LogP contribution in [0.1, 0.15) is 10.4 Å². The Balaban J connectivity index is 2.37. The van der Waals surface area contributed by atoms with E-state index in [0.717, 1.165) is 11.1 Å². The van der Waals surface area contributed by atoms with E-state index < -0.39 is 4.92 Å². The van der Waals surface area contributed by atoms with Crippen molar-refractivity contribution in [2.45, 2.75) is 0 Å². The SMILES string of the molecule is O=[N+]([O-])c1cc[n+]([O-])cc1/C=C/c1cccs1. The van der Waals surface area contributed by atoms with Crippen molar-refractivity contribution in [3.05, 3.63) is 61.7 Å². The molecule has 0 spiro atoms. The molecule has 2 heterocycles. The van der Waals surface area contributed by atoms with E-state index in [9.17, 15) is 15.3 Å². The summed E-state index contributed by atoms with van der Waals surface area (Å²) in [5.41, 5.74) is 0.214. The number of pyridine rings is 1. The van der Waals surface area contributed by atoms with Gasteiger partial charge >= 0.3 is 0 Å². The summed E-state index contributed by atoms with van der Waals surface area (Å²) >= 11 is 1.52. The molecule has 6 heteroatoms. The van der Waals surface area contributed by atoms with Crippen molar-refractivity contribution in [2.75, 3.05) is 0 Å². The standard InChI is InChI=1S/C11H8N2O3S/c14-12-6-5-11(13(15)16)9(8-12)3-4-10-2-1-7-17-10/h1-8H/b4-3+. The first kappa shape index (κ1) is 11.3. The van der Waals surface area contributed by atoms with Crippen molar-refractivity contribution in [1.82, 2.24) is 0 Å². The normalized spacial score (nSPS) is 10.8. The zero-order valence-corrected chi connectivity index (χ0v) is 9.46. The maximum atomic E-state index is 11.1. The van der Waals surface area contributed by atoms with Crippen molar-refractivity contribution >= 4 is 29.2 Å². The zero-order chi connectivity index (χ0) is 12.3. The van der Waals surface area contributed by atoms with Crippen molar-refractivity contribution < 1.29 is 9.65 Å². The quantitative estimate of drug-likeness (QED) is 0.362. The Labute approximate surface area is 101 Å². The number of aromatic nitrogens is 1. The van der Waals surface area contributed by atoms with Gasteiger partial charge in [0.1, 0.15) is 5.56 Å². The van der Waals surface area contributed by atoms with E-state index >= 15 is 0 Å². The lowest BCUT2D eigenvalue weighted by molar-refractivity contribution is -0.606. The Bertz CT molecular complexity index is 564. The molecule has 0 aliphatic heterocycles. The fourth-order valence-electron chi connectivity index (χ4n) is 1.34. The molecule has 0 atom stereocenters. The first-order chi connectivity index (χ1) is 8.16. The summed E-state index contributed by atoms with van der Waals surface area (Å²) in [6.07, 6.45) is 5.61. The van der Waals surface area contributed by atoms with Crippen LogP contribution in [0.3, 0.4) is 0 Å². The van der Waals surface area contributed by atoms with E-state index in [1.54, 1.807) is 12.2 Å². The van der Waals surface area contributed by atoms with Crippen LogP contribution >= 0.6 is 11.3 Å². The molecule has 17 heavy (non-hydrogen) atoms. The second-order valence-electron chi connectivity index (χ2n) is 3.25. The second kappa shape index (κ2) is 4.75. The molecule has 0 aromatic carbocycles. The van der Waals surface area contributed by atoms with Crippen LogP contribution in [-0.4, -0.2) is 4.92 Å². The van der Waals surface area contributed by atoms with Crippen LogP contribution in [-0.2, 0) is 0 Å². The van der Waals surface area contributed by atoms with Crippen LogP contribution in [0.2, 0.25) is 0 Å². The second-order valence-corrected chi connectivity index (χ2v) is 4.23. The lowest BCUT2D eigenvalue weighted by Gasteiger charge is -1.98. The number of rotatable bonds is 3. The number of hydrogen-bond donors (Lipinski definition) is 0. The predicted molar refractivity (Wildman–Crippen MR) is 65.3 cm³/mol. The van der Waals surface area contributed by atoms with Crippen LogP contribution in [0.4, 0.5) is 5.69 Å². The van der Waals surface area contributed by atoms with Gasteiger partial charge in [0.05, 0.1) is 11.0 Å². The first-order valence-corrected chi connectivity index (χ1v) is 5.63. The molecule has 0 N–H and O–H groups in total. The summed E-state index contributed by atoms with van der Waals surface area (Å²) in [5, 5.41) is 23.8. The smallest absolute Gasteiger partial charge is 0.288 e. The molecule has 0 bridgehead atoms. The summed E-state index contributed by atoms with van der Waals surface area (Å²) in [6, 6.07) is 4.97. The molecule has 2 rings (SSSR count). The van der Waals surface area contributed by atoms with Crippen LogP contribution in [0, 0.1) is 15.3 Å². The summed E-state index contributed by atoms with van der Waals surface area (Å²) < 4.78 is 0.543. The molecule has 0 fully saturated rings. The predicted octanol–water partition coefficient (Wildman–Crippen LogP) is 2.46. The van der Waals surface area contributed by atoms with Crippen LogP contribution < -0.4 is 4.73 Å². The van der Waals surface area contributed by atoms with Gasteiger partial charge in [-0.3, -0.25) is 10.1 Å². The van der Waals surface area contributed by atoms with Crippen LogP contribution in [0.5, 0.6) is 0 Å². The molecular weight excluding hydrogens is 240 g/mol. The summed E-state index contributed by atoms with van der Waals surface area (Å²) in [4.78, 5) is 11.2. The third-order valence-electron chi connectivity index (χ3n) is 2.11. The highest BCUT2D eigenvalue weighted by atomic mass is 32.1. The summed E-state index contributed by atoms with van der Waals surface area (Å²) in [5.74, 6) is 0. The van der Waals surface area contributed by atoms with Gasteiger partial charge in [0, 0.05) is 4.88 Å². The molecule has 0 unspecified atom stereocenters. The average Bonchev–Trinajstić information content (AvgIpc) is 2.78. The Hall–Kier alpha value is -2.21. The Morgan fingerprint density at radius 3 is 2.82 bits per heavy atom. The van der Waals surface area contributed by atoms with Gasteiger partial charge in [-0.15, -0.1) is 11.3 Å². The highest BCUT2D eigenvalue weighted by Gasteiger charge is 2.14. The minimum atomic E-state index is -0.506. The summed E-state index contributed by atoms with van der Waals surface area (Å²) in [7, 11) is 0. The van der Waals surface area contributed by atoms with E-state index in [1.807, 2.05) is 17.5 Å². The minimum absolute atomic E-state index is 0.0788. The van der Waals surface area contributed by atoms with Crippen molar-refractivity contribution in [3.63, 3.8) is 0 Å². The topological polar surface area (TPSA) is 70.1 Å². The lowest BCUT2D eigenvalue weighted by Crippen LogP contribution is -2.24. The fraction of sp³-hybridized carbons (Fsp3) is 0. The molecule has 2 aromatic heterocycles. The van der Waals surface area contributed by atoms with Gasteiger partial charge in [-0.1, -0.05) is 6.07 Å². The van der Waals surface area contributed by atoms with E-state index in [4.69, 9.17) is 0 Å². The number of thiophene rings is 1. The largest absolute Gasteiger partial charge is 0.619 e. The number of nitro groups is 1. The molecule has 0 saturated carbocycles. The minimum Gasteiger partial charge on any atom is -0.619 e. The van der Waals surface area contributed by atoms with Gasteiger partial charge in [0.25, 0.3) is 5.69 Å². The zero-order valence-electron chi connectivity index (χ0n) is 8.65. The van der Waals surface area contributed by atoms with E-state index in [-0.39, 0.29) is 5.69 Å². The molecule has 86 valence electrons. The third-order valence-corrected chi connectivity index (χ3v) is 2.95. The van der Waals surface area contributed by atoms with Gasteiger partial charge in [-0.2, -0.15) is 4.73 Å². The van der Waals surface area contributed by atoms with Crippen molar-refractivity contribution in [1.29, 1.82) is 0 Å². The molecular formula is C11H8N2O3S. The maximum absolute atomic E-state index is 11.1. The van der Waals surface area contributed by atoms with Gasteiger partial charge in [-0.05, 0) is 23.6 Å². The van der Waals surface area contributed by atoms with Crippen LogP contribution in [0.25, 0.3) is 12.2 Å². The summed E-state index contributed by atoms with van der Waals surface area (Å²) in [6.45, 7) is 0. The van der Waals surface area contributed by atoms with Crippen LogP contribution in [0.15, 0.2) is 36.0 Å². The molecule has 5 nitrogen and oxygen atoms in total. The monoisotopic (exact) mass is 248 g/mol. The average molecular weight is 248 g/mol. The van der Waals surface area contributed by atoms with Crippen molar-refractivity contribution in [2.24, 2.45) is 0 Å². The van der Waals surface area contributed by atoms with E-state index in [1.165, 1.54) is 23.6 Å². The fourth-order valence-corrected chi connectivity index (χ4v) is 1.96. The molecule has 2 aromatic rings. The molecule has 0 saturated heterocycles. The Morgan fingerprint density at radius 1 is 1.35 bits per heavy atom. The molecule has 0 amide bonds. The molecule has 0 radical (unpaired) electrons. The first-order valence-electron chi connectivity index (χ1n) is 4.75. The maximum Gasteiger partial charge on any atom is 0.288 e. The number of hydrogen-bond acceptors (Lipinski definition) is 4. The van der Waals surface area contributed by atoms with Gasteiger partial charge in [0.2, 0.25) is 0 Å². The highest BCUT2D eigenvalue weighted by Crippen LogP contribution is 2.19.